The smallest absolute Gasteiger partial charge is 0.492 e. The van der Waals surface area contributed by atoms with Crippen LogP contribution < -0.4 is 15.5 Å². The summed E-state index contributed by atoms with van der Waals surface area (Å²) in [5.41, 5.74) is -0.291. The molecule has 1 aliphatic heterocycles. The van der Waals surface area contributed by atoms with E-state index in [1.54, 1.807) is 0 Å². The lowest BCUT2D eigenvalue weighted by atomic mass is 9.78. The van der Waals surface area contributed by atoms with Gasteiger partial charge in [0.2, 0.25) is 0 Å². The highest BCUT2D eigenvalue weighted by Gasteiger charge is 2.51. The Labute approximate surface area is 179 Å². The third kappa shape index (κ3) is 5.26. The first-order chi connectivity index (χ1) is 13.9. The predicted molar refractivity (Wildman–Crippen MR) is 119 cm³/mol. The molecule has 0 unspecified atom stereocenters. The van der Waals surface area contributed by atoms with Crippen LogP contribution in [0.2, 0.25) is 0 Å². The van der Waals surface area contributed by atoms with Crippen molar-refractivity contribution >= 4 is 29.4 Å². The van der Waals surface area contributed by atoms with Crippen LogP contribution in [0.5, 0.6) is 5.75 Å². The van der Waals surface area contributed by atoms with Crippen LogP contribution in [0.3, 0.4) is 0 Å². The number of hydrogen-bond donors (Lipinski definition) is 1. The van der Waals surface area contributed by atoms with Crippen molar-refractivity contribution in [2.24, 2.45) is 0 Å². The summed E-state index contributed by atoms with van der Waals surface area (Å²) in [5, 5.41) is 4.84. The van der Waals surface area contributed by atoms with E-state index in [1.165, 1.54) is 0 Å². The molecule has 0 radical (unpaired) electrons. The number of rotatable bonds is 5. The third-order valence-corrected chi connectivity index (χ3v) is 5.40. The summed E-state index contributed by atoms with van der Waals surface area (Å²) >= 11 is 0. The Morgan fingerprint density at radius 3 is 2.27 bits per heavy atom. The molecule has 3 rings (SSSR count). The van der Waals surface area contributed by atoms with E-state index < -0.39 is 18.8 Å². The van der Waals surface area contributed by atoms with E-state index in [9.17, 15) is 4.79 Å². The van der Waals surface area contributed by atoms with E-state index in [-0.39, 0.29) is 11.2 Å². The highest BCUT2D eigenvalue weighted by Crippen LogP contribution is 2.36. The van der Waals surface area contributed by atoms with Crippen molar-refractivity contribution in [2.45, 2.75) is 65.3 Å². The molecule has 2 aromatic rings. The van der Waals surface area contributed by atoms with Crippen LogP contribution in [0, 0.1) is 0 Å². The van der Waals surface area contributed by atoms with Gasteiger partial charge in [-0.3, -0.25) is 0 Å². The normalized spacial score (nSPS) is 17.8. The second-order valence-electron chi connectivity index (χ2n) is 9.63. The Hall–Kier alpha value is -2.25. The fourth-order valence-electron chi connectivity index (χ4n) is 3.09. The van der Waals surface area contributed by atoms with Crippen LogP contribution in [-0.4, -0.2) is 43.2 Å². The van der Waals surface area contributed by atoms with Crippen molar-refractivity contribution in [3.8, 4) is 5.75 Å². The quantitative estimate of drug-likeness (QED) is 0.592. The van der Waals surface area contributed by atoms with Gasteiger partial charge in [-0.1, -0.05) is 24.3 Å². The predicted octanol–water partition coefficient (Wildman–Crippen LogP) is 4.04. The topological polar surface area (TPSA) is 66.0 Å². The molecule has 1 saturated heterocycles. The molecule has 162 valence electrons. The SMILES string of the molecule is CC(C)(C)OC(=O)NCCOc1ccc2ccc(B3OC(C)(C)C(C)(C)O3)cc2c1. The van der Waals surface area contributed by atoms with Crippen LogP contribution in [0.15, 0.2) is 36.4 Å². The average Bonchev–Trinajstić information content (AvgIpc) is 2.84. The lowest BCUT2D eigenvalue weighted by molar-refractivity contribution is 0.00578. The van der Waals surface area contributed by atoms with Gasteiger partial charge >= 0.3 is 13.2 Å². The molecular weight excluding hydrogens is 381 g/mol. The van der Waals surface area contributed by atoms with E-state index >= 15 is 0 Å². The standard InChI is InChI=1S/C23H32BNO5/c1-21(2,3)28-20(26)25-12-13-27-19-11-9-16-8-10-18(14-17(16)15-19)24-29-22(4,5)23(6,7)30-24/h8-11,14-15H,12-13H2,1-7H3,(H,25,26). The third-order valence-electron chi connectivity index (χ3n) is 5.40. The number of ether oxygens (including phenoxy) is 2. The minimum Gasteiger partial charge on any atom is -0.492 e. The average molecular weight is 413 g/mol. The minimum atomic E-state index is -0.516. The first kappa shape index (κ1) is 22.4. The van der Waals surface area contributed by atoms with Gasteiger partial charge in [0.1, 0.15) is 18.0 Å². The van der Waals surface area contributed by atoms with Crippen molar-refractivity contribution in [3.63, 3.8) is 0 Å². The van der Waals surface area contributed by atoms with Gasteiger partial charge in [0.15, 0.2) is 0 Å². The number of benzene rings is 2. The summed E-state index contributed by atoms with van der Waals surface area (Å²) in [4.78, 5) is 11.7. The number of carbonyl (C=O) groups is 1. The molecule has 0 bridgehead atoms. The zero-order valence-corrected chi connectivity index (χ0v) is 19.0. The Balaban J connectivity index is 1.63. The van der Waals surface area contributed by atoms with E-state index in [1.807, 2.05) is 72.7 Å². The maximum atomic E-state index is 11.7. The lowest BCUT2D eigenvalue weighted by Crippen LogP contribution is -2.41. The van der Waals surface area contributed by atoms with Crippen LogP contribution in [-0.2, 0) is 14.0 Å². The highest BCUT2D eigenvalue weighted by atomic mass is 16.7. The summed E-state index contributed by atoms with van der Waals surface area (Å²) < 4.78 is 23.3. The van der Waals surface area contributed by atoms with Gasteiger partial charge < -0.3 is 24.1 Å². The molecule has 0 aromatic heterocycles. The van der Waals surface area contributed by atoms with Crippen molar-refractivity contribution in [1.82, 2.24) is 5.32 Å². The molecule has 0 atom stereocenters. The van der Waals surface area contributed by atoms with Gasteiger partial charge in [-0.05, 0) is 76.8 Å². The highest BCUT2D eigenvalue weighted by molar-refractivity contribution is 6.62. The summed E-state index contributed by atoms with van der Waals surface area (Å²) in [7, 11) is -0.401. The number of alkyl carbamates (subject to hydrolysis) is 1. The van der Waals surface area contributed by atoms with E-state index in [4.69, 9.17) is 18.8 Å². The van der Waals surface area contributed by atoms with Gasteiger partial charge in [0.25, 0.3) is 0 Å². The van der Waals surface area contributed by atoms with Crippen LogP contribution in [0.1, 0.15) is 48.5 Å². The zero-order valence-electron chi connectivity index (χ0n) is 19.0. The van der Waals surface area contributed by atoms with E-state index in [0.717, 1.165) is 22.0 Å². The monoisotopic (exact) mass is 413 g/mol. The Kier molecular flexibility index (Phi) is 6.07. The van der Waals surface area contributed by atoms with E-state index in [2.05, 4.69) is 17.4 Å². The van der Waals surface area contributed by atoms with Crippen molar-refractivity contribution in [2.75, 3.05) is 13.2 Å². The van der Waals surface area contributed by atoms with E-state index in [0.29, 0.717) is 13.2 Å². The maximum Gasteiger partial charge on any atom is 0.494 e. The number of nitrogens with one attached hydrogen (secondary N) is 1. The maximum absolute atomic E-state index is 11.7. The molecule has 7 heteroatoms. The molecule has 1 aliphatic rings. The molecule has 2 aromatic carbocycles. The molecule has 6 nitrogen and oxygen atoms in total. The fraction of sp³-hybridized carbons (Fsp3) is 0.522. The summed E-state index contributed by atoms with van der Waals surface area (Å²) in [5.74, 6) is 0.736. The fourth-order valence-corrected chi connectivity index (χ4v) is 3.09. The Morgan fingerprint density at radius 2 is 1.63 bits per heavy atom. The number of amides is 1. The summed E-state index contributed by atoms with van der Waals surface area (Å²) in [6.45, 7) is 14.4. The number of hydrogen-bond acceptors (Lipinski definition) is 5. The van der Waals surface area contributed by atoms with Crippen LogP contribution in [0.25, 0.3) is 10.8 Å². The number of carbonyl (C=O) groups excluding carboxylic acids is 1. The van der Waals surface area contributed by atoms with Crippen molar-refractivity contribution in [3.05, 3.63) is 36.4 Å². The van der Waals surface area contributed by atoms with Crippen LogP contribution in [0.4, 0.5) is 4.79 Å². The van der Waals surface area contributed by atoms with Gasteiger partial charge in [0, 0.05) is 0 Å². The van der Waals surface area contributed by atoms with Gasteiger partial charge in [0.05, 0.1) is 17.7 Å². The molecule has 1 N–H and O–H groups in total. The molecular formula is C23H32BNO5. The Bertz CT molecular complexity index is 903. The lowest BCUT2D eigenvalue weighted by Gasteiger charge is -2.32. The summed E-state index contributed by atoms with van der Waals surface area (Å²) in [6.07, 6.45) is -0.448. The molecule has 0 saturated carbocycles. The van der Waals surface area contributed by atoms with Crippen molar-refractivity contribution in [1.29, 1.82) is 0 Å². The van der Waals surface area contributed by atoms with Crippen LogP contribution >= 0.6 is 0 Å². The first-order valence-corrected chi connectivity index (χ1v) is 10.4. The molecule has 0 aliphatic carbocycles. The zero-order chi connectivity index (χ0) is 22.2. The molecule has 1 heterocycles. The molecule has 1 amide bonds. The number of fused-ring (bicyclic) bond motifs is 1. The largest absolute Gasteiger partial charge is 0.494 e. The second-order valence-corrected chi connectivity index (χ2v) is 9.63. The first-order valence-electron chi connectivity index (χ1n) is 10.4. The second kappa shape index (κ2) is 8.12. The van der Waals surface area contributed by atoms with Gasteiger partial charge in [-0.25, -0.2) is 4.79 Å². The molecule has 30 heavy (non-hydrogen) atoms. The van der Waals surface area contributed by atoms with Gasteiger partial charge in [-0.2, -0.15) is 0 Å². The summed E-state index contributed by atoms with van der Waals surface area (Å²) in [6, 6.07) is 12.1. The van der Waals surface area contributed by atoms with Gasteiger partial charge in [-0.15, -0.1) is 0 Å². The molecule has 0 spiro atoms. The van der Waals surface area contributed by atoms with Crippen molar-refractivity contribution < 1.29 is 23.6 Å². The minimum absolute atomic E-state index is 0.349. The molecule has 1 fully saturated rings. The Morgan fingerprint density at radius 1 is 1.00 bits per heavy atom.